The molecule has 2 heterocycles. The van der Waals surface area contributed by atoms with Gasteiger partial charge in [0.05, 0.1) is 11.4 Å². The summed E-state index contributed by atoms with van der Waals surface area (Å²) < 4.78 is 0. The number of nitrogens with one attached hydrogen (secondary N) is 1. The fourth-order valence-electron chi connectivity index (χ4n) is 2.60. The van der Waals surface area contributed by atoms with Gasteiger partial charge in [0.2, 0.25) is 5.91 Å². The zero-order valence-corrected chi connectivity index (χ0v) is 13.9. The highest BCUT2D eigenvalue weighted by molar-refractivity contribution is 6.31. The van der Waals surface area contributed by atoms with Crippen molar-refractivity contribution in [1.29, 1.82) is 0 Å². The first-order valence-corrected chi connectivity index (χ1v) is 7.84. The highest BCUT2D eigenvalue weighted by Crippen LogP contribution is 2.50. The van der Waals surface area contributed by atoms with Gasteiger partial charge < -0.3 is 5.32 Å². The zero-order chi connectivity index (χ0) is 16.9. The molecular weight excluding hydrogens is 353 g/mol. The van der Waals surface area contributed by atoms with Crippen LogP contribution in [0.1, 0.15) is 6.92 Å². The largest absolute Gasteiger partial charge is 0.373 e. The summed E-state index contributed by atoms with van der Waals surface area (Å²) in [4.78, 5) is 28.3. The first-order chi connectivity index (χ1) is 11.5. The van der Waals surface area contributed by atoms with Crippen LogP contribution in [0.5, 0.6) is 0 Å². The van der Waals surface area contributed by atoms with Gasteiger partial charge in [-0.1, -0.05) is 23.2 Å². The van der Waals surface area contributed by atoms with Crippen molar-refractivity contribution in [3.63, 3.8) is 0 Å². The molecule has 1 spiro atoms. The number of carbonyl (C=O) groups excluding carboxylic acids is 1. The number of hydrogen-bond acceptors (Lipinski definition) is 5. The lowest BCUT2D eigenvalue weighted by molar-refractivity contribution is -0.117. The second kappa shape index (κ2) is 5.46. The van der Waals surface area contributed by atoms with Crippen LogP contribution in [0.25, 0.3) is 0 Å². The maximum Gasteiger partial charge on any atom is 0.373 e. The highest BCUT2D eigenvalue weighted by atomic mass is 35.5. The van der Waals surface area contributed by atoms with Crippen molar-refractivity contribution in [3.05, 3.63) is 52.5 Å². The summed E-state index contributed by atoms with van der Waals surface area (Å²) in [7, 11) is 0. The van der Waals surface area contributed by atoms with Gasteiger partial charge in [0.1, 0.15) is 0 Å². The Balaban J connectivity index is 1.90. The summed E-state index contributed by atoms with van der Waals surface area (Å²) in [6, 6.07) is 12.4. The van der Waals surface area contributed by atoms with E-state index in [-0.39, 0.29) is 11.7 Å². The molecular formula is C16H11Cl2N3O3. The molecule has 1 fully saturated rings. The van der Waals surface area contributed by atoms with Crippen LogP contribution in [0.3, 0.4) is 0 Å². The number of fused-ring (bicyclic) bond motifs is 1. The summed E-state index contributed by atoms with van der Waals surface area (Å²) in [5.41, 5.74) is 2.08. The van der Waals surface area contributed by atoms with Crippen LogP contribution in [0.2, 0.25) is 10.0 Å². The maximum atomic E-state index is 11.5. The topological polar surface area (TPSA) is 69.8 Å². The van der Waals surface area contributed by atoms with Gasteiger partial charge in [-0.15, -0.1) is 0 Å². The number of aliphatic imine (C=N–C) groups is 1. The third kappa shape index (κ3) is 2.44. The van der Waals surface area contributed by atoms with Crippen molar-refractivity contribution < 1.29 is 14.6 Å². The van der Waals surface area contributed by atoms with Crippen LogP contribution in [0.15, 0.2) is 47.5 Å². The summed E-state index contributed by atoms with van der Waals surface area (Å²) in [5.74, 6) is -1.35. The molecule has 6 nitrogen and oxygen atoms in total. The minimum absolute atomic E-state index is 0.236. The Morgan fingerprint density at radius 3 is 2.42 bits per heavy atom. The molecule has 2 aromatic carbocycles. The average molecular weight is 364 g/mol. The molecule has 2 aliphatic heterocycles. The average Bonchev–Trinajstić information content (AvgIpc) is 3.31. The molecule has 0 aliphatic carbocycles. The van der Waals surface area contributed by atoms with Gasteiger partial charge in [-0.3, -0.25) is 9.69 Å². The van der Waals surface area contributed by atoms with Crippen LogP contribution < -0.4 is 10.2 Å². The molecule has 8 heteroatoms. The molecule has 2 aromatic rings. The number of benzene rings is 2. The van der Waals surface area contributed by atoms with E-state index in [1.807, 2.05) is 18.2 Å². The first-order valence-electron chi connectivity index (χ1n) is 7.08. The van der Waals surface area contributed by atoms with Crippen molar-refractivity contribution in [2.24, 2.45) is 4.99 Å². The quantitative estimate of drug-likeness (QED) is 0.615. The van der Waals surface area contributed by atoms with Gasteiger partial charge in [-0.2, -0.15) is 9.78 Å². The van der Waals surface area contributed by atoms with E-state index in [0.29, 0.717) is 15.7 Å². The normalized spacial score (nSPS) is 17.3. The number of hydrogen-bond donors (Lipinski definition) is 1. The lowest BCUT2D eigenvalue weighted by Gasteiger charge is -2.32. The SMILES string of the molecule is CC(=O)NC1=Nc2cc(Cl)ccc2N(c2ccc(Cl)cc2)C12OO2. The van der Waals surface area contributed by atoms with E-state index in [1.54, 1.807) is 29.2 Å². The van der Waals surface area contributed by atoms with Crippen molar-refractivity contribution in [2.75, 3.05) is 4.90 Å². The Morgan fingerprint density at radius 1 is 1.12 bits per heavy atom. The molecule has 0 radical (unpaired) electrons. The number of rotatable bonds is 1. The zero-order valence-electron chi connectivity index (χ0n) is 12.4. The van der Waals surface area contributed by atoms with Crippen LogP contribution in [-0.4, -0.2) is 17.7 Å². The molecule has 1 amide bonds. The minimum atomic E-state index is -1.31. The van der Waals surface area contributed by atoms with Crippen molar-refractivity contribution in [2.45, 2.75) is 12.8 Å². The Hall–Kier alpha value is -2.12. The Morgan fingerprint density at radius 2 is 1.79 bits per heavy atom. The van der Waals surface area contributed by atoms with Gasteiger partial charge in [0.15, 0.2) is 5.84 Å². The van der Waals surface area contributed by atoms with E-state index in [1.165, 1.54) is 6.92 Å². The second-order valence-corrected chi connectivity index (χ2v) is 6.21. The smallest absolute Gasteiger partial charge is 0.308 e. The van der Waals surface area contributed by atoms with Gasteiger partial charge in [-0.05, 0) is 42.5 Å². The number of carbonyl (C=O) groups is 1. The number of nitrogens with zero attached hydrogens (tertiary/aromatic N) is 2. The molecule has 4 rings (SSSR count). The number of amidine groups is 1. The molecule has 0 aromatic heterocycles. The van der Waals surface area contributed by atoms with Crippen molar-refractivity contribution in [3.8, 4) is 0 Å². The number of anilines is 2. The summed E-state index contributed by atoms with van der Waals surface area (Å²) in [6.45, 7) is 1.39. The predicted octanol–water partition coefficient (Wildman–Crippen LogP) is 3.93. The molecule has 2 aliphatic rings. The summed E-state index contributed by atoms with van der Waals surface area (Å²) in [6.07, 6.45) is 0. The Kier molecular flexibility index (Phi) is 3.51. The molecule has 24 heavy (non-hydrogen) atoms. The fourth-order valence-corrected chi connectivity index (χ4v) is 2.89. The van der Waals surface area contributed by atoms with Gasteiger partial charge in [-0.25, -0.2) is 4.99 Å². The Bertz CT molecular complexity index is 863. The summed E-state index contributed by atoms with van der Waals surface area (Å²) in [5, 5.41) is 3.79. The third-order valence-corrected chi connectivity index (χ3v) is 4.11. The van der Waals surface area contributed by atoms with Gasteiger partial charge in [0.25, 0.3) is 0 Å². The van der Waals surface area contributed by atoms with Crippen molar-refractivity contribution >= 4 is 52.0 Å². The minimum Gasteiger partial charge on any atom is -0.308 e. The van der Waals surface area contributed by atoms with E-state index >= 15 is 0 Å². The van der Waals surface area contributed by atoms with E-state index in [4.69, 9.17) is 33.0 Å². The highest BCUT2D eigenvalue weighted by Gasteiger charge is 2.63. The lowest BCUT2D eigenvalue weighted by Crippen LogP contribution is -2.51. The van der Waals surface area contributed by atoms with E-state index < -0.39 is 5.91 Å². The molecule has 0 bridgehead atoms. The maximum absolute atomic E-state index is 11.5. The lowest BCUT2D eigenvalue weighted by atomic mass is 10.1. The standard InChI is InChI=1S/C16H11Cl2N3O3/c1-9(22)19-15-16(23-24-16)21(12-5-2-10(17)3-6-12)14-7-4-11(18)8-13(14)20-15/h2-8H,1H3,(H,19,20,22). The van der Waals surface area contributed by atoms with Crippen LogP contribution in [-0.2, 0) is 14.6 Å². The number of halogens is 2. The molecule has 0 unspecified atom stereocenters. The van der Waals surface area contributed by atoms with Crippen LogP contribution in [0, 0.1) is 0 Å². The Labute approximate surface area is 147 Å². The predicted molar refractivity (Wildman–Crippen MR) is 90.9 cm³/mol. The summed E-state index contributed by atoms with van der Waals surface area (Å²) >= 11 is 12.1. The molecule has 1 N–H and O–H groups in total. The number of amides is 1. The molecule has 0 atom stereocenters. The van der Waals surface area contributed by atoms with E-state index in [2.05, 4.69) is 10.3 Å². The van der Waals surface area contributed by atoms with Crippen LogP contribution >= 0.6 is 23.2 Å². The van der Waals surface area contributed by atoms with E-state index in [0.717, 1.165) is 11.4 Å². The molecule has 0 saturated carbocycles. The van der Waals surface area contributed by atoms with Gasteiger partial charge in [0, 0.05) is 22.7 Å². The monoisotopic (exact) mass is 363 g/mol. The first kappa shape index (κ1) is 15.4. The fraction of sp³-hybridized carbons (Fsp3) is 0.125. The van der Waals surface area contributed by atoms with E-state index in [9.17, 15) is 4.79 Å². The van der Waals surface area contributed by atoms with Crippen LogP contribution in [0.4, 0.5) is 17.1 Å². The second-order valence-electron chi connectivity index (χ2n) is 5.33. The molecule has 1 saturated heterocycles. The van der Waals surface area contributed by atoms with Crippen molar-refractivity contribution in [1.82, 2.24) is 5.32 Å². The molecule has 122 valence electrons. The van der Waals surface area contributed by atoms with Gasteiger partial charge >= 0.3 is 5.91 Å². The third-order valence-electron chi connectivity index (χ3n) is 3.62.